The maximum absolute atomic E-state index is 4.65. The van der Waals surface area contributed by atoms with Crippen LogP contribution in [0, 0.1) is 32.0 Å². The maximum Gasteiger partial charge on any atom is 3.00 e. The van der Waals surface area contributed by atoms with Gasteiger partial charge in [-0.25, -0.2) is 0 Å². The molecular formula is C24H19N2Ni. The summed E-state index contributed by atoms with van der Waals surface area (Å²) in [4.78, 5) is 8.79. The van der Waals surface area contributed by atoms with E-state index in [1.54, 1.807) is 0 Å². The van der Waals surface area contributed by atoms with E-state index in [2.05, 4.69) is 28.2 Å². The molecule has 0 fully saturated rings. The van der Waals surface area contributed by atoms with Crippen molar-refractivity contribution in [3.8, 4) is 22.5 Å². The van der Waals surface area contributed by atoms with E-state index in [1.165, 1.54) is 0 Å². The van der Waals surface area contributed by atoms with Crippen molar-refractivity contribution in [3.63, 3.8) is 0 Å². The number of hydrogen-bond acceptors (Lipinski definition) is 2. The fraction of sp³-hybridized carbons (Fsp3) is 0.0833. The van der Waals surface area contributed by atoms with Crippen molar-refractivity contribution in [3.05, 3.63) is 108 Å². The van der Waals surface area contributed by atoms with E-state index in [4.69, 9.17) is 0 Å². The van der Waals surface area contributed by atoms with Gasteiger partial charge >= 0.3 is 16.5 Å². The summed E-state index contributed by atoms with van der Waals surface area (Å²) in [7, 11) is 0. The van der Waals surface area contributed by atoms with Crippen molar-refractivity contribution in [1.82, 2.24) is 9.97 Å². The summed E-state index contributed by atoms with van der Waals surface area (Å²) in [5.41, 5.74) is 5.95. The Morgan fingerprint density at radius 3 is 1.52 bits per heavy atom. The monoisotopic (exact) mass is 393 g/mol. The Hall–Kier alpha value is -2.77. The quantitative estimate of drug-likeness (QED) is 0.331. The van der Waals surface area contributed by atoms with E-state index in [0.29, 0.717) is 0 Å². The first-order chi connectivity index (χ1) is 12.7. The molecule has 1 radical (unpaired) electrons. The minimum Gasteiger partial charge on any atom is -0.385 e. The molecule has 0 saturated heterocycles. The molecule has 0 unspecified atom stereocenters. The van der Waals surface area contributed by atoms with Crippen LogP contribution in [-0.2, 0) is 16.5 Å². The summed E-state index contributed by atoms with van der Waals surface area (Å²) in [6, 6.07) is 34.8. The van der Waals surface area contributed by atoms with Crippen LogP contribution in [0.3, 0.4) is 0 Å². The topological polar surface area (TPSA) is 25.8 Å². The molecule has 2 aromatic heterocycles. The third-order valence-corrected chi connectivity index (χ3v) is 3.66. The Morgan fingerprint density at radius 2 is 1.15 bits per heavy atom. The Balaban J connectivity index is 0.000000247. The Labute approximate surface area is 171 Å². The van der Waals surface area contributed by atoms with E-state index in [0.717, 1.165) is 33.9 Å². The predicted octanol–water partition coefficient (Wildman–Crippen LogP) is 5.51. The molecule has 4 rings (SSSR count). The molecule has 0 aliphatic rings. The number of benzene rings is 2. The Morgan fingerprint density at radius 1 is 0.630 bits per heavy atom. The van der Waals surface area contributed by atoms with E-state index in [9.17, 15) is 0 Å². The average Bonchev–Trinajstić information content (AvgIpc) is 2.70. The fourth-order valence-electron chi connectivity index (χ4n) is 2.47. The summed E-state index contributed by atoms with van der Waals surface area (Å²) in [5.74, 6) is 0. The first-order valence-electron chi connectivity index (χ1n) is 8.45. The van der Waals surface area contributed by atoms with Gasteiger partial charge in [0.25, 0.3) is 0 Å². The average molecular weight is 394 g/mol. The summed E-state index contributed by atoms with van der Waals surface area (Å²) in [6.45, 7) is 3.92. The minimum atomic E-state index is 0. The summed E-state index contributed by atoms with van der Waals surface area (Å²) >= 11 is 0. The largest absolute Gasteiger partial charge is 3.00 e. The van der Waals surface area contributed by atoms with Gasteiger partial charge in [-0.1, -0.05) is 43.4 Å². The van der Waals surface area contributed by atoms with Gasteiger partial charge in [-0.3, -0.25) is 0 Å². The van der Waals surface area contributed by atoms with Gasteiger partial charge in [-0.15, -0.1) is 71.8 Å². The van der Waals surface area contributed by atoms with Crippen molar-refractivity contribution >= 4 is 0 Å². The minimum absolute atomic E-state index is 0. The maximum atomic E-state index is 4.65. The number of nitrogens with zero attached hydrogens (tertiary/aromatic N) is 2. The van der Waals surface area contributed by atoms with Crippen LogP contribution in [0.5, 0.6) is 0 Å². The van der Waals surface area contributed by atoms with Crippen molar-refractivity contribution in [2.75, 3.05) is 0 Å². The van der Waals surface area contributed by atoms with Crippen LogP contribution in [0.2, 0.25) is 0 Å². The molecule has 0 aliphatic heterocycles. The molecule has 0 amide bonds. The van der Waals surface area contributed by atoms with Gasteiger partial charge < -0.3 is 9.97 Å². The number of aromatic nitrogens is 2. The van der Waals surface area contributed by atoms with Gasteiger partial charge in [0.05, 0.1) is 0 Å². The zero-order chi connectivity index (χ0) is 18.2. The molecule has 0 atom stereocenters. The second-order valence-electron chi connectivity index (χ2n) is 5.81. The van der Waals surface area contributed by atoms with Crippen LogP contribution in [0.1, 0.15) is 11.4 Å². The van der Waals surface area contributed by atoms with Crippen LogP contribution < -0.4 is 0 Å². The van der Waals surface area contributed by atoms with Gasteiger partial charge in [0, 0.05) is 0 Å². The Kier molecular flexibility index (Phi) is 7.91. The Bertz CT molecular complexity index is 882. The first kappa shape index (κ1) is 20.5. The number of aryl methyl sites for hydroxylation is 2. The number of hydrogen-bond donors (Lipinski definition) is 0. The van der Waals surface area contributed by atoms with Gasteiger partial charge in [0.1, 0.15) is 0 Å². The SMILES string of the molecule is Cc1c[c-]cc(C)n1.[Ni+3].[c-]1ccccc1-c1cccc(-c2[c-]cccc2)n1. The van der Waals surface area contributed by atoms with Crippen molar-refractivity contribution in [2.45, 2.75) is 13.8 Å². The van der Waals surface area contributed by atoms with Crippen molar-refractivity contribution < 1.29 is 16.5 Å². The second kappa shape index (κ2) is 10.4. The van der Waals surface area contributed by atoms with Gasteiger partial charge in [-0.2, -0.15) is 18.2 Å². The summed E-state index contributed by atoms with van der Waals surface area (Å²) in [5, 5.41) is 0. The standard InChI is InChI=1S/C17H11N.C7H8N.Ni/c1-3-8-14(9-4-1)16-12-7-13-17(18-16)15-10-5-2-6-11-15;1-6-4-3-5-7(2)8-6;/h1-8,10,12-13H;4-5H,1-2H3;/q-2;-1;+3. The molecule has 0 bridgehead atoms. The van der Waals surface area contributed by atoms with E-state index < -0.39 is 0 Å². The van der Waals surface area contributed by atoms with Gasteiger partial charge in [0.2, 0.25) is 0 Å². The molecule has 0 spiro atoms. The smallest absolute Gasteiger partial charge is 0.385 e. The predicted molar refractivity (Wildman–Crippen MR) is 105 cm³/mol. The second-order valence-corrected chi connectivity index (χ2v) is 5.81. The first-order valence-corrected chi connectivity index (χ1v) is 8.45. The van der Waals surface area contributed by atoms with Gasteiger partial charge in [-0.05, 0) is 11.4 Å². The fourth-order valence-corrected chi connectivity index (χ4v) is 2.47. The summed E-state index contributed by atoms with van der Waals surface area (Å²) < 4.78 is 0. The zero-order valence-corrected chi connectivity index (χ0v) is 16.2. The molecule has 0 aliphatic carbocycles. The molecule has 2 heterocycles. The molecule has 0 saturated carbocycles. The van der Waals surface area contributed by atoms with E-state index in [1.807, 2.05) is 92.7 Å². The van der Waals surface area contributed by atoms with Crippen LogP contribution in [0.15, 0.2) is 78.9 Å². The molecule has 3 heteroatoms. The molecule has 2 nitrogen and oxygen atoms in total. The zero-order valence-electron chi connectivity index (χ0n) is 15.2. The molecule has 4 aromatic rings. The molecular weight excluding hydrogens is 375 g/mol. The summed E-state index contributed by atoms with van der Waals surface area (Å²) in [6.07, 6.45) is 0. The van der Waals surface area contributed by atoms with Crippen LogP contribution >= 0.6 is 0 Å². The van der Waals surface area contributed by atoms with E-state index >= 15 is 0 Å². The molecule has 0 N–H and O–H groups in total. The third kappa shape index (κ3) is 6.16. The molecule has 27 heavy (non-hydrogen) atoms. The van der Waals surface area contributed by atoms with E-state index in [-0.39, 0.29) is 16.5 Å². The van der Waals surface area contributed by atoms with Crippen molar-refractivity contribution in [2.24, 2.45) is 0 Å². The number of pyridine rings is 2. The van der Waals surface area contributed by atoms with Crippen LogP contribution in [0.4, 0.5) is 0 Å². The molecule has 135 valence electrons. The van der Waals surface area contributed by atoms with Crippen molar-refractivity contribution in [1.29, 1.82) is 0 Å². The van der Waals surface area contributed by atoms with Crippen LogP contribution in [0.25, 0.3) is 22.5 Å². The molecule has 2 aromatic carbocycles. The third-order valence-electron chi connectivity index (χ3n) is 3.66. The van der Waals surface area contributed by atoms with Crippen LogP contribution in [-0.4, -0.2) is 9.97 Å². The van der Waals surface area contributed by atoms with Gasteiger partial charge in [0.15, 0.2) is 0 Å². The normalized spacial score (nSPS) is 9.56. The number of rotatable bonds is 2.